The van der Waals surface area contributed by atoms with Crippen molar-refractivity contribution in [2.24, 2.45) is 0 Å². The van der Waals surface area contributed by atoms with Gasteiger partial charge in [-0.3, -0.25) is 0 Å². The molecule has 0 atom stereocenters. The van der Waals surface area contributed by atoms with Crippen molar-refractivity contribution in [1.82, 2.24) is 20.3 Å². The highest BCUT2D eigenvalue weighted by atomic mass is 19.1. The van der Waals surface area contributed by atoms with Crippen molar-refractivity contribution >= 4 is 0 Å². The van der Waals surface area contributed by atoms with Gasteiger partial charge in [-0.05, 0) is 32.9 Å². The van der Waals surface area contributed by atoms with Crippen LogP contribution >= 0.6 is 0 Å². The van der Waals surface area contributed by atoms with Crippen LogP contribution in [0.15, 0.2) is 30.5 Å². The Kier molecular flexibility index (Phi) is 3.43. The molecule has 0 amide bonds. The molecule has 0 fully saturated rings. The van der Waals surface area contributed by atoms with Crippen molar-refractivity contribution in [3.8, 4) is 5.69 Å². The quantitative estimate of drug-likeness (QED) is 0.906. The molecule has 2 rings (SSSR count). The van der Waals surface area contributed by atoms with Crippen molar-refractivity contribution in [3.05, 3.63) is 42.0 Å². The van der Waals surface area contributed by atoms with E-state index in [1.807, 2.05) is 0 Å². The Labute approximate surface area is 106 Å². The lowest BCUT2D eigenvalue weighted by Gasteiger charge is -2.20. The summed E-state index contributed by atoms with van der Waals surface area (Å²) < 4.78 is 15.2. The van der Waals surface area contributed by atoms with Gasteiger partial charge >= 0.3 is 0 Å². The molecule has 1 aromatic heterocycles. The highest BCUT2D eigenvalue weighted by Gasteiger charge is 2.13. The summed E-state index contributed by atoms with van der Waals surface area (Å²) in [4.78, 5) is 0. The molecule has 0 spiro atoms. The average molecular weight is 248 g/mol. The van der Waals surface area contributed by atoms with Gasteiger partial charge in [0, 0.05) is 12.1 Å². The highest BCUT2D eigenvalue weighted by Crippen LogP contribution is 2.14. The van der Waals surface area contributed by atoms with Gasteiger partial charge in [0.2, 0.25) is 0 Å². The second-order valence-corrected chi connectivity index (χ2v) is 5.19. The minimum atomic E-state index is -0.306. The lowest BCUT2D eigenvalue weighted by atomic mass is 10.1. The molecule has 0 aliphatic carbocycles. The molecule has 0 saturated carbocycles. The zero-order valence-electron chi connectivity index (χ0n) is 10.8. The monoisotopic (exact) mass is 248 g/mol. The molecular weight excluding hydrogens is 231 g/mol. The number of para-hydroxylation sites is 1. The van der Waals surface area contributed by atoms with Gasteiger partial charge in [0.15, 0.2) is 0 Å². The minimum absolute atomic E-state index is 0.00959. The van der Waals surface area contributed by atoms with Gasteiger partial charge < -0.3 is 5.32 Å². The fourth-order valence-electron chi connectivity index (χ4n) is 1.56. The number of halogens is 1. The Morgan fingerprint density at radius 2 is 2.00 bits per heavy atom. The first kappa shape index (κ1) is 12.7. The summed E-state index contributed by atoms with van der Waals surface area (Å²) in [5.74, 6) is -0.306. The maximum absolute atomic E-state index is 13.7. The molecule has 0 bridgehead atoms. The number of hydrogen-bond acceptors (Lipinski definition) is 3. The molecule has 0 saturated heterocycles. The number of aromatic nitrogens is 3. The smallest absolute Gasteiger partial charge is 0.148 e. The molecule has 2 aromatic rings. The molecule has 1 N–H and O–H groups in total. The van der Waals surface area contributed by atoms with E-state index in [1.165, 1.54) is 10.7 Å². The Morgan fingerprint density at radius 3 is 2.67 bits per heavy atom. The molecule has 1 aromatic carbocycles. The summed E-state index contributed by atoms with van der Waals surface area (Å²) in [7, 11) is 0. The summed E-state index contributed by atoms with van der Waals surface area (Å²) in [5, 5.41) is 11.1. The Hall–Kier alpha value is -1.75. The predicted molar refractivity (Wildman–Crippen MR) is 67.9 cm³/mol. The van der Waals surface area contributed by atoms with Crippen LogP contribution < -0.4 is 5.32 Å². The van der Waals surface area contributed by atoms with Crippen molar-refractivity contribution in [3.63, 3.8) is 0 Å². The highest BCUT2D eigenvalue weighted by molar-refractivity contribution is 5.33. The topological polar surface area (TPSA) is 42.7 Å². The molecule has 1 heterocycles. The number of nitrogens with one attached hydrogen (secondary N) is 1. The summed E-state index contributed by atoms with van der Waals surface area (Å²) in [6, 6.07) is 6.53. The van der Waals surface area contributed by atoms with Gasteiger partial charge in [-0.2, -0.15) is 0 Å². The molecule has 5 heteroatoms. The van der Waals surface area contributed by atoms with Crippen LogP contribution in [0.2, 0.25) is 0 Å². The van der Waals surface area contributed by atoms with Crippen LogP contribution in [0.1, 0.15) is 26.5 Å². The van der Waals surface area contributed by atoms with Gasteiger partial charge in [-0.1, -0.05) is 17.3 Å². The lowest BCUT2D eigenvalue weighted by Crippen LogP contribution is -2.35. The Balaban J connectivity index is 2.26. The fourth-order valence-corrected chi connectivity index (χ4v) is 1.56. The molecule has 0 radical (unpaired) electrons. The number of rotatable bonds is 3. The average Bonchev–Trinajstić information content (AvgIpc) is 2.74. The van der Waals surface area contributed by atoms with Crippen LogP contribution in [0.3, 0.4) is 0 Å². The second-order valence-electron chi connectivity index (χ2n) is 5.19. The largest absolute Gasteiger partial charge is 0.306 e. The third-order valence-electron chi connectivity index (χ3n) is 2.50. The molecule has 0 aliphatic heterocycles. The van der Waals surface area contributed by atoms with E-state index in [1.54, 1.807) is 24.4 Å². The van der Waals surface area contributed by atoms with Crippen LogP contribution in [-0.4, -0.2) is 20.5 Å². The molecule has 96 valence electrons. The number of nitrogens with zero attached hydrogens (tertiary/aromatic N) is 3. The van der Waals surface area contributed by atoms with Crippen molar-refractivity contribution in [2.45, 2.75) is 32.9 Å². The second kappa shape index (κ2) is 4.86. The van der Waals surface area contributed by atoms with Crippen LogP contribution in [0.4, 0.5) is 4.39 Å². The maximum Gasteiger partial charge on any atom is 0.148 e. The zero-order chi connectivity index (χ0) is 13.2. The Bertz CT molecular complexity index is 528. The van der Waals surface area contributed by atoms with Crippen LogP contribution in [0, 0.1) is 5.82 Å². The summed E-state index contributed by atoms with van der Waals surface area (Å²) >= 11 is 0. The standard InChI is InChI=1S/C13H17FN4/c1-13(2,3)15-8-10-9-16-17-18(10)12-7-5-4-6-11(12)14/h4-7,9,15H,8H2,1-3H3. The van der Waals surface area contributed by atoms with Crippen molar-refractivity contribution in [1.29, 1.82) is 0 Å². The summed E-state index contributed by atoms with van der Waals surface area (Å²) in [5.41, 5.74) is 1.24. The van der Waals surface area contributed by atoms with E-state index in [4.69, 9.17) is 0 Å². The minimum Gasteiger partial charge on any atom is -0.306 e. The lowest BCUT2D eigenvalue weighted by molar-refractivity contribution is 0.418. The van der Waals surface area contributed by atoms with E-state index < -0.39 is 0 Å². The number of hydrogen-bond donors (Lipinski definition) is 1. The number of benzene rings is 1. The first-order valence-corrected chi connectivity index (χ1v) is 5.87. The van der Waals surface area contributed by atoms with E-state index in [2.05, 4.69) is 36.4 Å². The van der Waals surface area contributed by atoms with E-state index in [0.717, 1.165) is 5.69 Å². The molecule has 18 heavy (non-hydrogen) atoms. The van der Waals surface area contributed by atoms with Crippen LogP contribution in [-0.2, 0) is 6.54 Å². The van der Waals surface area contributed by atoms with Gasteiger partial charge in [0.05, 0.1) is 11.9 Å². The van der Waals surface area contributed by atoms with Crippen molar-refractivity contribution in [2.75, 3.05) is 0 Å². The van der Waals surface area contributed by atoms with Crippen LogP contribution in [0.25, 0.3) is 5.69 Å². The first-order valence-electron chi connectivity index (χ1n) is 5.87. The van der Waals surface area contributed by atoms with Gasteiger partial charge in [0.25, 0.3) is 0 Å². The van der Waals surface area contributed by atoms with Gasteiger partial charge in [-0.25, -0.2) is 9.07 Å². The van der Waals surface area contributed by atoms with Gasteiger partial charge in [0.1, 0.15) is 11.5 Å². The maximum atomic E-state index is 13.7. The first-order chi connectivity index (χ1) is 8.47. The normalized spacial score (nSPS) is 11.8. The Morgan fingerprint density at radius 1 is 1.28 bits per heavy atom. The fraction of sp³-hybridized carbons (Fsp3) is 0.385. The molecular formula is C13H17FN4. The SMILES string of the molecule is CC(C)(C)NCc1cnnn1-c1ccccc1F. The summed E-state index contributed by atoms with van der Waals surface area (Å²) in [6.07, 6.45) is 1.64. The van der Waals surface area contributed by atoms with E-state index in [9.17, 15) is 4.39 Å². The van der Waals surface area contributed by atoms with Crippen LogP contribution in [0.5, 0.6) is 0 Å². The summed E-state index contributed by atoms with van der Waals surface area (Å²) in [6.45, 7) is 6.81. The van der Waals surface area contributed by atoms with Crippen molar-refractivity contribution < 1.29 is 4.39 Å². The van der Waals surface area contributed by atoms with E-state index in [0.29, 0.717) is 12.2 Å². The predicted octanol–water partition coefficient (Wildman–Crippen LogP) is 2.29. The molecule has 0 aliphatic rings. The van der Waals surface area contributed by atoms with E-state index in [-0.39, 0.29) is 11.4 Å². The zero-order valence-corrected chi connectivity index (χ0v) is 10.8. The molecule has 4 nitrogen and oxygen atoms in total. The van der Waals surface area contributed by atoms with E-state index >= 15 is 0 Å². The third kappa shape index (κ3) is 2.92. The third-order valence-corrected chi connectivity index (χ3v) is 2.50. The van der Waals surface area contributed by atoms with Gasteiger partial charge in [-0.15, -0.1) is 5.10 Å². The molecule has 0 unspecified atom stereocenters.